The van der Waals surface area contributed by atoms with Crippen molar-refractivity contribution in [3.05, 3.63) is 82.2 Å². The van der Waals surface area contributed by atoms with Gasteiger partial charge >= 0.3 is 0 Å². The first-order valence-corrected chi connectivity index (χ1v) is 6.55. The van der Waals surface area contributed by atoms with Crippen LogP contribution in [0.5, 0.6) is 0 Å². The van der Waals surface area contributed by atoms with E-state index in [9.17, 15) is 4.79 Å². The van der Waals surface area contributed by atoms with Gasteiger partial charge in [0, 0.05) is 0 Å². The van der Waals surface area contributed by atoms with Crippen LogP contribution in [-0.4, -0.2) is 0 Å². The van der Waals surface area contributed by atoms with Crippen molar-refractivity contribution in [2.24, 2.45) is 0 Å². The van der Waals surface area contributed by atoms with Gasteiger partial charge in [0.05, 0.1) is 10.9 Å². The third kappa shape index (κ3) is 1.75. The van der Waals surface area contributed by atoms with Gasteiger partial charge in [-0.1, -0.05) is 42.5 Å². The van der Waals surface area contributed by atoms with Crippen LogP contribution in [0.3, 0.4) is 0 Å². The van der Waals surface area contributed by atoms with Crippen LogP contribution in [0.4, 0.5) is 0 Å². The molecule has 1 saturated heterocycles. The van der Waals surface area contributed by atoms with Crippen molar-refractivity contribution >= 4 is 11.0 Å². The zero-order valence-electron chi connectivity index (χ0n) is 10.7. The topological polar surface area (TPSA) is 42.7 Å². The molecule has 3 heteroatoms. The number of para-hydroxylation sites is 1. The van der Waals surface area contributed by atoms with E-state index < -0.39 is 0 Å². The predicted molar refractivity (Wildman–Crippen MR) is 75.5 cm³/mol. The highest BCUT2D eigenvalue weighted by Gasteiger charge is 2.43. The Labute approximate surface area is 115 Å². The zero-order chi connectivity index (χ0) is 13.5. The molecule has 1 fully saturated rings. The largest absolute Gasteiger partial charge is 0.464 e. The molecule has 1 aliphatic heterocycles. The lowest BCUT2D eigenvalue weighted by Gasteiger charge is -1.99. The number of fused-ring (bicyclic) bond motifs is 1. The fourth-order valence-electron chi connectivity index (χ4n) is 2.53. The van der Waals surface area contributed by atoms with Crippen LogP contribution in [0.25, 0.3) is 11.0 Å². The smallest absolute Gasteiger partial charge is 0.198 e. The van der Waals surface area contributed by atoms with Crippen molar-refractivity contribution in [2.75, 3.05) is 0 Å². The van der Waals surface area contributed by atoms with Gasteiger partial charge in [0.15, 0.2) is 5.43 Å². The summed E-state index contributed by atoms with van der Waals surface area (Å²) >= 11 is 0. The maximum Gasteiger partial charge on any atom is 0.198 e. The van der Waals surface area contributed by atoms with Gasteiger partial charge in [-0.3, -0.25) is 4.79 Å². The Hall–Kier alpha value is -2.39. The summed E-state index contributed by atoms with van der Waals surface area (Å²) in [5.41, 5.74) is 2.29. The molecule has 20 heavy (non-hydrogen) atoms. The second kappa shape index (κ2) is 4.32. The number of ether oxygens (including phenoxy) is 1. The summed E-state index contributed by atoms with van der Waals surface area (Å²) in [4.78, 5) is 12.4. The minimum atomic E-state index is -0.196. The molecule has 0 spiro atoms. The van der Waals surface area contributed by atoms with Crippen LogP contribution in [0.15, 0.2) is 70.1 Å². The molecular weight excluding hydrogens is 252 g/mol. The van der Waals surface area contributed by atoms with Crippen LogP contribution in [0.1, 0.15) is 23.3 Å². The normalized spacial score (nSPS) is 21.0. The van der Waals surface area contributed by atoms with Gasteiger partial charge in [0.25, 0.3) is 0 Å². The second-order valence-corrected chi connectivity index (χ2v) is 4.90. The summed E-state index contributed by atoms with van der Waals surface area (Å²) in [7, 11) is 0. The lowest BCUT2D eigenvalue weighted by atomic mass is 10.0. The lowest BCUT2D eigenvalue weighted by Crippen LogP contribution is -2.07. The van der Waals surface area contributed by atoms with Crippen LogP contribution < -0.4 is 5.43 Å². The molecule has 1 aliphatic rings. The molecule has 0 amide bonds. The second-order valence-electron chi connectivity index (χ2n) is 4.90. The molecule has 2 heterocycles. The molecule has 98 valence electrons. The minimum absolute atomic E-state index is 0.00437. The number of epoxide rings is 1. The maximum atomic E-state index is 12.4. The van der Waals surface area contributed by atoms with Gasteiger partial charge in [0.2, 0.25) is 0 Å². The van der Waals surface area contributed by atoms with Crippen LogP contribution in [0, 0.1) is 0 Å². The van der Waals surface area contributed by atoms with Gasteiger partial charge in [-0.2, -0.15) is 0 Å². The molecule has 3 nitrogen and oxygen atoms in total. The predicted octanol–water partition coefficient (Wildman–Crippen LogP) is 3.61. The van der Waals surface area contributed by atoms with Crippen molar-refractivity contribution in [3.63, 3.8) is 0 Å². The Balaban J connectivity index is 1.75. The average Bonchev–Trinajstić information content (AvgIpc) is 3.29. The highest BCUT2D eigenvalue weighted by molar-refractivity contribution is 5.76. The van der Waals surface area contributed by atoms with Crippen molar-refractivity contribution in [3.8, 4) is 0 Å². The fraction of sp³-hybridized carbons (Fsp3) is 0.118. The molecule has 0 unspecified atom stereocenters. The third-order valence-corrected chi connectivity index (χ3v) is 3.63. The highest BCUT2D eigenvalue weighted by atomic mass is 16.6. The van der Waals surface area contributed by atoms with E-state index in [0.717, 1.165) is 5.56 Å². The molecule has 1 aromatic heterocycles. The average molecular weight is 264 g/mol. The molecule has 2 aromatic carbocycles. The lowest BCUT2D eigenvalue weighted by molar-refractivity contribution is 0.374. The number of rotatable bonds is 2. The summed E-state index contributed by atoms with van der Waals surface area (Å²) < 4.78 is 11.2. The summed E-state index contributed by atoms with van der Waals surface area (Å²) in [5, 5.41) is 0.604. The summed E-state index contributed by atoms with van der Waals surface area (Å²) in [6.07, 6.45) is 1.29. The van der Waals surface area contributed by atoms with Crippen molar-refractivity contribution in [2.45, 2.75) is 12.2 Å². The minimum Gasteiger partial charge on any atom is -0.464 e. The summed E-state index contributed by atoms with van der Waals surface area (Å²) in [6.45, 7) is 0. The molecule has 4 rings (SSSR count). The van der Waals surface area contributed by atoms with Crippen molar-refractivity contribution in [1.82, 2.24) is 0 Å². The first kappa shape index (κ1) is 11.4. The molecule has 0 bridgehead atoms. The van der Waals surface area contributed by atoms with Gasteiger partial charge in [0.1, 0.15) is 24.1 Å². The molecule has 0 N–H and O–H groups in total. The molecule has 0 saturated carbocycles. The van der Waals surface area contributed by atoms with Crippen molar-refractivity contribution < 1.29 is 9.15 Å². The standard InChI is InChI=1S/C17H12O3/c18-15-12-8-4-5-9-14(12)19-10-13(15)17-16(20-17)11-6-2-1-3-7-11/h1-10,16-17H/t16-,17-/m0/s1. The van der Waals surface area contributed by atoms with Gasteiger partial charge in [-0.15, -0.1) is 0 Å². The number of benzene rings is 2. The van der Waals surface area contributed by atoms with Gasteiger partial charge in [-0.25, -0.2) is 0 Å². The summed E-state index contributed by atoms with van der Waals surface area (Å²) in [5.74, 6) is 0. The van der Waals surface area contributed by atoms with Crippen molar-refractivity contribution in [1.29, 1.82) is 0 Å². The fourth-order valence-corrected chi connectivity index (χ4v) is 2.53. The molecule has 0 aliphatic carbocycles. The first-order valence-electron chi connectivity index (χ1n) is 6.55. The Bertz CT molecular complexity index is 820. The zero-order valence-corrected chi connectivity index (χ0v) is 10.7. The molecule has 3 aromatic rings. The van der Waals surface area contributed by atoms with E-state index in [-0.39, 0.29) is 17.6 Å². The quantitative estimate of drug-likeness (QED) is 0.664. The Morgan fingerprint density at radius 1 is 0.850 bits per heavy atom. The number of hydrogen-bond acceptors (Lipinski definition) is 3. The van der Waals surface area contributed by atoms with E-state index in [1.807, 2.05) is 42.5 Å². The van der Waals surface area contributed by atoms with E-state index in [0.29, 0.717) is 16.5 Å². The SMILES string of the molecule is O=c1c([C@@H]2O[C@H]2c2ccccc2)coc2ccccc12. The molecular formula is C17H12O3. The Kier molecular flexibility index (Phi) is 2.47. The monoisotopic (exact) mass is 264 g/mol. The van der Waals surface area contributed by atoms with E-state index in [2.05, 4.69) is 0 Å². The van der Waals surface area contributed by atoms with E-state index in [1.54, 1.807) is 12.1 Å². The number of hydrogen-bond donors (Lipinski definition) is 0. The third-order valence-electron chi connectivity index (χ3n) is 3.63. The van der Waals surface area contributed by atoms with Gasteiger partial charge in [-0.05, 0) is 17.7 Å². The summed E-state index contributed by atoms with van der Waals surface area (Å²) in [6, 6.07) is 17.2. The van der Waals surface area contributed by atoms with Crippen LogP contribution in [0.2, 0.25) is 0 Å². The Morgan fingerprint density at radius 3 is 2.45 bits per heavy atom. The van der Waals surface area contributed by atoms with E-state index >= 15 is 0 Å². The molecule has 0 radical (unpaired) electrons. The van der Waals surface area contributed by atoms with E-state index in [1.165, 1.54) is 6.26 Å². The first-order chi connectivity index (χ1) is 9.84. The van der Waals surface area contributed by atoms with Gasteiger partial charge < -0.3 is 9.15 Å². The van der Waals surface area contributed by atoms with Crippen LogP contribution >= 0.6 is 0 Å². The maximum absolute atomic E-state index is 12.4. The molecule has 2 atom stereocenters. The van der Waals surface area contributed by atoms with Crippen LogP contribution in [-0.2, 0) is 4.74 Å². The highest BCUT2D eigenvalue weighted by Crippen LogP contribution is 2.49. The van der Waals surface area contributed by atoms with E-state index in [4.69, 9.17) is 9.15 Å². The Morgan fingerprint density at radius 2 is 1.60 bits per heavy atom.